The van der Waals surface area contributed by atoms with Gasteiger partial charge in [-0.3, -0.25) is 4.79 Å². The number of carbonyl (C=O) groups excluding carboxylic acids is 1. The van der Waals surface area contributed by atoms with E-state index in [1.807, 2.05) is 12.1 Å². The molecule has 3 rings (SSSR count). The standard InChI is InChI=1S/C16H20O2/c1-18-15-5-2-11(3-6-15)4-7-16(17)14-9-12-8-13(12)10-14/h2-3,5-6,12-14H,4,7-10H2,1H3. The van der Waals surface area contributed by atoms with Gasteiger partial charge in [-0.1, -0.05) is 12.1 Å². The zero-order chi connectivity index (χ0) is 12.5. The lowest BCUT2D eigenvalue weighted by molar-refractivity contribution is -0.122. The largest absolute Gasteiger partial charge is 0.497 e. The molecule has 2 unspecified atom stereocenters. The van der Waals surface area contributed by atoms with E-state index in [9.17, 15) is 4.79 Å². The summed E-state index contributed by atoms with van der Waals surface area (Å²) in [6.07, 6.45) is 5.31. The number of carbonyl (C=O) groups is 1. The van der Waals surface area contributed by atoms with Gasteiger partial charge in [-0.25, -0.2) is 0 Å². The van der Waals surface area contributed by atoms with E-state index < -0.39 is 0 Å². The number of aryl methyl sites for hydroxylation is 1. The number of rotatable bonds is 5. The predicted octanol–water partition coefficient (Wildman–Crippen LogP) is 3.24. The summed E-state index contributed by atoms with van der Waals surface area (Å²) >= 11 is 0. The van der Waals surface area contributed by atoms with Crippen molar-refractivity contribution < 1.29 is 9.53 Å². The number of hydrogen-bond acceptors (Lipinski definition) is 2. The van der Waals surface area contributed by atoms with Gasteiger partial charge in [-0.05, 0) is 55.2 Å². The normalized spacial score (nSPS) is 28.8. The van der Waals surface area contributed by atoms with Crippen LogP contribution in [0.5, 0.6) is 5.75 Å². The Morgan fingerprint density at radius 2 is 1.83 bits per heavy atom. The Kier molecular flexibility index (Phi) is 3.11. The first-order valence-corrected chi connectivity index (χ1v) is 6.92. The zero-order valence-corrected chi connectivity index (χ0v) is 10.9. The topological polar surface area (TPSA) is 26.3 Å². The second kappa shape index (κ2) is 4.75. The first-order valence-electron chi connectivity index (χ1n) is 6.92. The number of hydrogen-bond donors (Lipinski definition) is 0. The Hall–Kier alpha value is -1.31. The van der Waals surface area contributed by atoms with Crippen molar-refractivity contribution >= 4 is 5.78 Å². The van der Waals surface area contributed by atoms with Crippen molar-refractivity contribution in [2.24, 2.45) is 17.8 Å². The summed E-state index contributed by atoms with van der Waals surface area (Å²) in [7, 11) is 1.67. The summed E-state index contributed by atoms with van der Waals surface area (Å²) in [5.41, 5.74) is 1.23. The molecule has 0 aromatic heterocycles. The van der Waals surface area contributed by atoms with Crippen molar-refractivity contribution in [3.8, 4) is 5.75 Å². The maximum Gasteiger partial charge on any atom is 0.136 e. The number of benzene rings is 1. The Balaban J connectivity index is 1.49. The molecular weight excluding hydrogens is 224 g/mol. The van der Waals surface area contributed by atoms with E-state index in [-0.39, 0.29) is 0 Å². The molecule has 2 heteroatoms. The molecule has 0 bridgehead atoms. The molecule has 0 amide bonds. The van der Waals surface area contributed by atoms with Crippen molar-refractivity contribution in [2.45, 2.75) is 32.1 Å². The first kappa shape index (κ1) is 11.8. The minimum Gasteiger partial charge on any atom is -0.497 e. The molecule has 2 nitrogen and oxygen atoms in total. The van der Waals surface area contributed by atoms with Crippen LogP contribution in [0, 0.1) is 17.8 Å². The number of fused-ring (bicyclic) bond motifs is 1. The van der Waals surface area contributed by atoms with E-state index in [0.29, 0.717) is 18.1 Å². The van der Waals surface area contributed by atoms with Gasteiger partial charge in [-0.2, -0.15) is 0 Å². The number of ketones is 1. The minimum absolute atomic E-state index is 0.381. The van der Waals surface area contributed by atoms with E-state index in [1.54, 1.807) is 7.11 Å². The molecule has 18 heavy (non-hydrogen) atoms. The summed E-state index contributed by atoms with van der Waals surface area (Å²) in [4.78, 5) is 12.1. The Labute approximate surface area is 108 Å². The quantitative estimate of drug-likeness (QED) is 0.794. The Morgan fingerprint density at radius 1 is 1.17 bits per heavy atom. The van der Waals surface area contributed by atoms with Crippen LogP contribution in [0.3, 0.4) is 0 Å². The van der Waals surface area contributed by atoms with E-state index in [0.717, 1.165) is 24.0 Å². The number of Topliss-reactive ketones (excluding diaryl/α,β-unsaturated/α-hetero) is 1. The monoisotopic (exact) mass is 244 g/mol. The molecule has 96 valence electrons. The number of ether oxygens (including phenoxy) is 1. The summed E-state index contributed by atoms with van der Waals surface area (Å²) in [5.74, 6) is 3.55. The molecule has 0 spiro atoms. The molecule has 2 fully saturated rings. The molecule has 2 aliphatic carbocycles. The summed E-state index contributed by atoms with van der Waals surface area (Å²) in [6, 6.07) is 8.03. The molecule has 1 aromatic rings. The fourth-order valence-electron chi connectivity index (χ4n) is 3.24. The molecule has 2 atom stereocenters. The lowest BCUT2D eigenvalue weighted by Gasteiger charge is -2.10. The van der Waals surface area contributed by atoms with Gasteiger partial charge in [0, 0.05) is 12.3 Å². The van der Waals surface area contributed by atoms with Gasteiger partial charge in [0.2, 0.25) is 0 Å². The SMILES string of the molecule is COc1ccc(CCC(=O)C2CC3CC3C2)cc1. The van der Waals surface area contributed by atoms with E-state index in [1.165, 1.54) is 24.8 Å². The highest BCUT2D eigenvalue weighted by molar-refractivity contribution is 5.81. The fourth-order valence-corrected chi connectivity index (χ4v) is 3.24. The summed E-state index contributed by atoms with van der Waals surface area (Å²) in [5, 5.41) is 0. The van der Waals surface area contributed by atoms with Crippen molar-refractivity contribution in [1.29, 1.82) is 0 Å². The van der Waals surface area contributed by atoms with Gasteiger partial charge in [0.1, 0.15) is 11.5 Å². The summed E-state index contributed by atoms with van der Waals surface area (Å²) < 4.78 is 5.13. The maximum absolute atomic E-state index is 12.1. The molecular formula is C16H20O2. The molecule has 2 saturated carbocycles. The maximum atomic E-state index is 12.1. The highest BCUT2D eigenvalue weighted by atomic mass is 16.5. The molecule has 1 aromatic carbocycles. The van der Waals surface area contributed by atoms with Crippen molar-refractivity contribution in [1.82, 2.24) is 0 Å². The van der Waals surface area contributed by atoms with Gasteiger partial charge < -0.3 is 4.74 Å². The zero-order valence-electron chi connectivity index (χ0n) is 10.9. The molecule has 0 heterocycles. The lowest BCUT2D eigenvalue weighted by Crippen LogP contribution is -2.13. The van der Waals surface area contributed by atoms with Crippen LogP contribution in [-0.2, 0) is 11.2 Å². The average Bonchev–Trinajstić information content (AvgIpc) is 3.03. The lowest BCUT2D eigenvalue weighted by atomic mass is 9.94. The van der Waals surface area contributed by atoms with Crippen LogP contribution >= 0.6 is 0 Å². The third-order valence-corrected chi connectivity index (χ3v) is 4.52. The van der Waals surface area contributed by atoms with E-state index in [4.69, 9.17) is 4.74 Å². The van der Waals surface area contributed by atoms with Gasteiger partial charge >= 0.3 is 0 Å². The highest BCUT2D eigenvalue weighted by Gasteiger charge is 2.47. The molecule has 0 N–H and O–H groups in total. The van der Waals surface area contributed by atoms with Crippen LogP contribution in [-0.4, -0.2) is 12.9 Å². The van der Waals surface area contributed by atoms with Crippen molar-refractivity contribution in [3.05, 3.63) is 29.8 Å². The third kappa shape index (κ3) is 2.43. The van der Waals surface area contributed by atoms with Crippen LogP contribution in [0.2, 0.25) is 0 Å². The van der Waals surface area contributed by atoms with Crippen molar-refractivity contribution in [2.75, 3.05) is 7.11 Å². The van der Waals surface area contributed by atoms with E-state index >= 15 is 0 Å². The van der Waals surface area contributed by atoms with Gasteiger partial charge in [0.15, 0.2) is 0 Å². The molecule has 0 radical (unpaired) electrons. The second-order valence-electron chi connectivity index (χ2n) is 5.74. The van der Waals surface area contributed by atoms with Crippen LogP contribution < -0.4 is 4.74 Å². The van der Waals surface area contributed by atoms with Crippen LogP contribution in [0.1, 0.15) is 31.2 Å². The van der Waals surface area contributed by atoms with Crippen LogP contribution in [0.25, 0.3) is 0 Å². The van der Waals surface area contributed by atoms with Crippen LogP contribution in [0.15, 0.2) is 24.3 Å². The second-order valence-corrected chi connectivity index (χ2v) is 5.74. The third-order valence-electron chi connectivity index (χ3n) is 4.52. The average molecular weight is 244 g/mol. The molecule has 2 aliphatic rings. The minimum atomic E-state index is 0.381. The molecule has 0 aliphatic heterocycles. The summed E-state index contributed by atoms with van der Waals surface area (Å²) in [6.45, 7) is 0. The predicted molar refractivity (Wildman–Crippen MR) is 70.6 cm³/mol. The van der Waals surface area contributed by atoms with Gasteiger partial charge in [0.25, 0.3) is 0 Å². The fraction of sp³-hybridized carbons (Fsp3) is 0.562. The highest BCUT2D eigenvalue weighted by Crippen LogP contribution is 2.54. The molecule has 0 saturated heterocycles. The van der Waals surface area contributed by atoms with Crippen LogP contribution in [0.4, 0.5) is 0 Å². The smallest absolute Gasteiger partial charge is 0.136 e. The Morgan fingerprint density at radius 3 is 2.44 bits per heavy atom. The van der Waals surface area contributed by atoms with Crippen molar-refractivity contribution in [3.63, 3.8) is 0 Å². The Bertz CT molecular complexity index is 425. The van der Waals surface area contributed by atoms with E-state index in [2.05, 4.69) is 12.1 Å². The van der Waals surface area contributed by atoms with Gasteiger partial charge in [0.05, 0.1) is 7.11 Å². The van der Waals surface area contributed by atoms with Gasteiger partial charge in [-0.15, -0.1) is 0 Å². The first-order chi connectivity index (χ1) is 8.76. The number of methoxy groups -OCH3 is 1.